The van der Waals surface area contributed by atoms with Gasteiger partial charge in [-0.1, -0.05) is 38.8 Å². The summed E-state index contributed by atoms with van der Waals surface area (Å²) in [7, 11) is 0. The van der Waals surface area contributed by atoms with Gasteiger partial charge in [-0.3, -0.25) is 14.4 Å². The molecule has 3 heterocycles. The van der Waals surface area contributed by atoms with Crippen LogP contribution >= 0.6 is 0 Å². The number of unbranched alkanes of at least 4 members (excludes halogenated alkanes) is 4. The van der Waals surface area contributed by atoms with Crippen LogP contribution in [0.3, 0.4) is 0 Å². The fourth-order valence-electron chi connectivity index (χ4n) is 7.89. The number of ether oxygens (including phenoxy) is 2. The second-order valence-electron chi connectivity index (χ2n) is 13.0. The molecule has 248 valence electrons. The number of benzene rings is 1. The highest BCUT2D eigenvalue weighted by Crippen LogP contribution is 2.65. The Morgan fingerprint density at radius 2 is 1.78 bits per heavy atom. The van der Waals surface area contributed by atoms with Gasteiger partial charge in [0.2, 0.25) is 17.7 Å². The number of hydrogen-bond acceptors (Lipinski definition) is 6. The molecule has 3 saturated heterocycles. The molecule has 3 fully saturated rings. The predicted octanol–water partition coefficient (Wildman–Crippen LogP) is 4.98. The van der Waals surface area contributed by atoms with Crippen molar-refractivity contribution in [3.63, 3.8) is 0 Å². The first-order chi connectivity index (χ1) is 21.6. The molecular formula is C36H53N3O6. The number of hydrogen-bond donors (Lipinski definition) is 1. The quantitative estimate of drug-likeness (QED) is 0.183. The summed E-state index contributed by atoms with van der Waals surface area (Å²) in [4.78, 5) is 49.1. The van der Waals surface area contributed by atoms with Gasteiger partial charge in [0.15, 0.2) is 0 Å². The number of anilines is 1. The van der Waals surface area contributed by atoms with E-state index in [1.165, 1.54) is 0 Å². The van der Waals surface area contributed by atoms with E-state index in [1.807, 2.05) is 38.1 Å². The van der Waals surface area contributed by atoms with Gasteiger partial charge in [-0.15, -0.1) is 13.2 Å². The molecule has 0 radical (unpaired) electrons. The number of likely N-dealkylation sites (tertiary alicyclic amines) is 1. The van der Waals surface area contributed by atoms with Gasteiger partial charge in [-0.2, -0.15) is 0 Å². The fraction of sp³-hybridized carbons (Fsp3) is 0.639. The highest BCUT2D eigenvalue weighted by Gasteiger charge is 2.80. The topological polar surface area (TPSA) is 99.6 Å². The maximum absolute atomic E-state index is 14.7. The maximum Gasteiger partial charge on any atom is 0.248 e. The molecule has 2 bridgehead atoms. The molecule has 6 atom stereocenters. The van der Waals surface area contributed by atoms with Crippen molar-refractivity contribution >= 4 is 23.4 Å². The lowest BCUT2D eigenvalue weighted by Gasteiger charge is -2.39. The Bertz CT molecular complexity index is 1220. The zero-order valence-corrected chi connectivity index (χ0v) is 27.7. The summed E-state index contributed by atoms with van der Waals surface area (Å²) < 4.78 is 12.6. The molecule has 3 amide bonds. The molecule has 9 heteroatoms. The number of aliphatic hydroxyl groups excluding tert-OH is 1. The van der Waals surface area contributed by atoms with Gasteiger partial charge in [0.25, 0.3) is 0 Å². The Labute approximate surface area is 269 Å². The van der Waals surface area contributed by atoms with Gasteiger partial charge in [0.1, 0.15) is 17.4 Å². The van der Waals surface area contributed by atoms with Crippen LogP contribution in [0.15, 0.2) is 49.6 Å². The second-order valence-corrected chi connectivity index (χ2v) is 13.0. The number of carbonyl (C=O) groups excluding carboxylic acids is 3. The minimum atomic E-state index is -1.11. The Morgan fingerprint density at radius 1 is 1.07 bits per heavy atom. The van der Waals surface area contributed by atoms with Crippen LogP contribution in [0.2, 0.25) is 0 Å². The fourth-order valence-corrected chi connectivity index (χ4v) is 7.89. The number of carbonyl (C=O) groups is 3. The number of amides is 3. The largest absolute Gasteiger partial charge is 0.494 e. The van der Waals surface area contributed by atoms with Gasteiger partial charge in [0.05, 0.1) is 24.0 Å². The SMILES string of the molecule is C=CCN(CCCCC)C(=O)C1N(CCCCCO)C(=O)[C@@H]2[C@@H](C(=O)N(CC=C)c3ccc(OCC)cc3)[C@]3(C)OC12CC3C. The van der Waals surface area contributed by atoms with Crippen LogP contribution in [0.5, 0.6) is 5.75 Å². The third-order valence-corrected chi connectivity index (χ3v) is 10.1. The third kappa shape index (κ3) is 6.43. The van der Waals surface area contributed by atoms with E-state index in [-0.39, 0.29) is 36.8 Å². The van der Waals surface area contributed by atoms with Crippen molar-refractivity contribution in [3.05, 3.63) is 49.6 Å². The van der Waals surface area contributed by atoms with Gasteiger partial charge < -0.3 is 29.3 Å². The van der Waals surface area contributed by atoms with Gasteiger partial charge in [-0.05, 0) is 76.1 Å². The average molecular weight is 624 g/mol. The third-order valence-electron chi connectivity index (χ3n) is 10.1. The molecule has 3 unspecified atom stereocenters. The van der Waals surface area contributed by atoms with Crippen LogP contribution < -0.4 is 9.64 Å². The van der Waals surface area contributed by atoms with E-state index in [0.29, 0.717) is 56.9 Å². The first-order valence-corrected chi connectivity index (χ1v) is 16.8. The van der Waals surface area contributed by atoms with Crippen molar-refractivity contribution in [1.29, 1.82) is 0 Å². The second kappa shape index (κ2) is 14.9. The molecule has 4 rings (SSSR count). The Hall–Kier alpha value is -3.17. The molecule has 3 aliphatic heterocycles. The normalized spacial score (nSPS) is 28.2. The zero-order chi connectivity index (χ0) is 32.8. The molecule has 1 aromatic rings. The molecule has 1 spiro atoms. The van der Waals surface area contributed by atoms with Crippen molar-refractivity contribution in [2.75, 3.05) is 44.3 Å². The molecule has 0 aromatic heterocycles. The number of aliphatic hydroxyl groups is 1. The lowest BCUT2D eigenvalue weighted by Crippen LogP contribution is -2.57. The van der Waals surface area contributed by atoms with Crippen LogP contribution in [0.25, 0.3) is 0 Å². The van der Waals surface area contributed by atoms with Crippen molar-refractivity contribution < 1.29 is 29.0 Å². The Morgan fingerprint density at radius 3 is 2.40 bits per heavy atom. The summed E-state index contributed by atoms with van der Waals surface area (Å²) in [6, 6.07) is 6.54. The van der Waals surface area contributed by atoms with Crippen LogP contribution in [0.4, 0.5) is 5.69 Å². The zero-order valence-electron chi connectivity index (χ0n) is 27.7. The summed E-state index contributed by atoms with van der Waals surface area (Å²) in [6.45, 7) is 18.1. The molecule has 0 saturated carbocycles. The van der Waals surface area contributed by atoms with Gasteiger partial charge in [0, 0.05) is 38.5 Å². The van der Waals surface area contributed by atoms with Crippen LogP contribution in [-0.2, 0) is 19.1 Å². The summed E-state index contributed by atoms with van der Waals surface area (Å²) in [5.41, 5.74) is -1.35. The molecule has 45 heavy (non-hydrogen) atoms. The Balaban J connectivity index is 1.76. The highest BCUT2D eigenvalue weighted by atomic mass is 16.5. The number of fused-ring (bicyclic) bond motifs is 1. The molecule has 9 nitrogen and oxygen atoms in total. The summed E-state index contributed by atoms with van der Waals surface area (Å²) in [5, 5.41) is 9.36. The Kier molecular flexibility index (Phi) is 11.5. The first-order valence-electron chi connectivity index (χ1n) is 16.8. The van der Waals surface area contributed by atoms with E-state index in [4.69, 9.17) is 9.47 Å². The highest BCUT2D eigenvalue weighted by molar-refractivity contribution is 6.03. The van der Waals surface area contributed by atoms with Crippen molar-refractivity contribution in [2.45, 2.75) is 89.9 Å². The lowest BCUT2D eigenvalue weighted by molar-refractivity contribution is -0.152. The summed E-state index contributed by atoms with van der Waals surface area (Å²) in [6.07, 6.45) is 8.82. The van der Waals surface area contributed by atoms with E-state index in [2.05, 4.69) is 27.0 Å². The van der Waals surface area contributed by atoms with E-state index < -0.39 is 29.1 Å². The molecular weight excluding hydrogens is 570 g/mol. The minimum Gasteiger partial charge on any atom is -0.494 e. The van der Waals surface area contributed by atoms with Gasteiger partial charge in [-0.25, -0.2) is 0 Å². The first kappa shape index (κ1) is 34.7. The van der Waals surface area contributed by atoms with Crippen LogP contribution in [-0.4, -0.2) is 89.3 Å². The van der Waals surface area contributed by atoms with Gasteiger partial charge >= 0.3 is 0 Å². The maximum atomic E-state index is 14.7. The molecule has 0 aliphatic carbocycles. The number of rotatable bonds is 18. The van der Waals surface area contributed by atoms with Crippen molar-refractivity contribution in [2.24, 2.45) is 17.8 Å². The van der Waals surface area contributed by atoms with Crippen molar-refractivity contribution in [3.8, 4) is 5.75 Å². The molecule has 3 aliphatic rings. The van der Waals surface area contributed by atoms with Crippen molar-refractivity contribution in [1.82, 2.24) is 9.80 Å². The monoisotopic (exact) mass is 623 g/mol. The minimum absolute atomic E-state index is 0.0565. The van der Waals surface area contributed by atoms with E-state index in [9.17, 15) is 19.5 Å². The smallest absolute Gasteiger partial charge is 0.248 e. The summed E-state index contributed by atoms with van der Waals surface area (Å²) >= 11 is 0. The van der Waals surface area contributed by atoms with E-state index in [0.717, 1.165) is 25.7 Å². The lowest BCUT2D eigenvalue weighted by atomic mass is 9.62. The number of nitrogens with zero attached hydrogens (tertiary/aromatic N) is 3. The average Bonchev–Trinajstić information content (AvgIpc) is 3.54. The van der Waals surface area contributed by atoms with Crippen LogP contribution in [0, 0.1) is 17.8 Å². The van der Waals surface area contributed by atoms with E-state index in [1.54, 1.807) is 26.9 Å². The molecule has 1 N–H and O–H groups in total. The van der Waals surface area contributed by atoms with Crippen LogP contribution in [0.1, 0.15) is 72.6 Å². The predicted molar refractivity (Wildman–Crippen MR) is 176 cm³/mol. The van der Waals surface area contributed by atoms with E-state index >= 15 is 0 Å². The molecule has 1 aromatic carbocycles. The standard InChI is InChI=1S/C36H53N3O6/c1-7-11-13-22-37(20-8-2)34(43)31-36-25-26(5)35(6,45-36)29(30(36)33(42)39(31)23-14-12-15-24-40)32(41)38(21-9-3)27-16-18-28(19-17-27)44-10-4/h8-9,16-19,26,29-31,40H,2-3,7,10-15,20-25H2,1,4-6H3/t26?,29-,30-,31?,35+,36?/m0/s1. The summed E-state index contributed by atoms with van der Waals surface area (Å²) in [5.74, 6) is -1.43.